The van der Waals surface area contributed by atoms with Crippen LogP contribution < -0.4 is 0 Å². The second-order valence-electron chi connectivity index (χ2n) is 7.48. The fraction of sp³-hybridized carbons (Fsp3) is 0.333. The largest absolute Gasteiger partial charge is 0.456 e. The molecule has 1 fully saturated rings. The first-order valence-corrected chi connectivity index (χ1v) is 10.8. The zero-order valence-corrected chi connectivity index (χ0v) is 18.7. The number of carbonyl (C=O) groups excluding carboxylic acids is 3. The lowest BCUT2D eigenvalue weighted by atomic mass is 9.89. The van der Waals surface area contributed by atoms with Crippen molar-refractivity contribution >= 4 is 35.3 Å². The minimum absolute atomic E-state index is 0.0699. The molecule has 2 aliphatic rings. The maximum absolute atomic E-state index is 13.0. The van der Waals surface area contributed by atoms with Crippen molar-refractivity contribution in [2.45, 2.75) is 38.9 Å². The molecule has 3 unspecified atom stereocenters. The molecule has 1 aromatic carbocycles. The average Bonchev–Trinajstić information content (AvgIpc) is 3.31. The Morgan fingerprint density at radius 3 is 2.58 bits per heavy atom. The summed E-state index contributed by atoms with van der Waals surface area (Å²) in [7, 11) is 0. The zero-order valence-electron chi connectivity index (χ0n) is 17.8. The van der Waals surface area contributed by atoms with Crippen molar-refractivity contribution in [2.24, 2.45) is 5.92 Å². The molecular weight excluding hydrogens is 454 g/mol. The highest BCUT2D eigenvalue weighted by Gasteiger charge is 2.59. The summed E-state index contributed by atoms with van der Waals surface area (Å²) in [6.07, 6.45) is -0.964. The Morgan fingerprint density at radius 1 is 1.30 bits per heavy atom. The molecule has 2 aliphatic heterocycles. The summed E-state index contributed by atoms with van der Waals surface area (Å²) in [4.78, 5) is 53.0. The van der Waals surface area contributed by atoms with E-state index in [0.29, 0.717) is 22.9 Å². The number of rotatable bonds is 7. The number of nitro benzene ring substituents is 1. The molecule has 1 amide bonds. The third-order valence-corrected chi connectivity index (χ3v) is 6.35. The Balaban J connectivity index is 1.44. The summed E-state index contributed by atoms with van der Waals surface area (Å²) >= 11 is 1.24. The predicted octanol–water partition coefficient (Wildman–Crippen LogP) is 2.92. The van der Waals surface area contributed by atoms with E-state index < -0.39 is 40.2 Å². The van der Waals surface area contributed by atoms with Gasteiger partial charge < -0.3 is 13.9 Å². The van der Waals surface area contributed by atoms with Crippen molar-refractivity contribution in [3.05, 3.63) is 68.4 Å². The maximum atomic E-state index is 13.0. The van der Waals surface area contributed by atoms with Crippen molar-refractivity contribution in [1.29, 1.82) is 0 Å². The molecule has 1 saturated heterocycles. The van der Waals surface area contributed by atoms with Crippen LogP contribution in [-0.4, -0.2) is 38.0 Å². The van der Waals surface area contributed by atoms with Crippen LogP contribution >= 0.6 is 11.8 Å². The van der Waals surface area contributed by atoms with E-state index in [-0.39, 0.29) is 18.0 Å². The Bertz CT molecular complexity index is 1170. The van der Waals surface area contributed by atoms with Gasteiger partial charge in [0.2, 0.25) is 5.91 Å². The molecule has 172 valence electrons. The lowest BCUT2D eigenvalue weighted by molar-refractivity contribution is -0.384. The summed E-state index contributed by atoms with van der Waals surface area (Å²) in [5, 5.41) is 11.8. The molecule has 12 heteroatoms. The molecule has 0 saturated carbocycles. The first-order valence-electron chi connectivity index (χ1n) is 9.87. The zero-order chi connectivity index (χ0) is 23.9. The van der Waals surface area contributed by atoms with Crippen LogP contribution in [0.25, 0.3) is 0 Å². The van der Waals surface area contributed by atoms with E-state index in [2.05, 4.69) is 4.98 Å². The summed E-state index contributed by atoms with van der Waals surface area (Å²) in [6, 6.07) is 5.61. The highest BCUT2D eigenvalue weighted by atomic mass is 32.2. The van der Waals surface area contributed by atoms with E-state index >= 15 is 0 Å². The van der Waals surface area contributed by atoms with Gasteiger partial charge in [0.1, 0.15) is 23.6 Å². The molecule has 3 heterocycles. The van der Waals surface area contributed by atoms with Gasteiger partial charge in [-0.25, -0.2) is 9.78 Å². The summed E-state index contributed by atoms with van der Waals surface area (Å²) in [5.41, 5.74) is 1.10. The molecule has 0 aliphatic carbocycles. The number of hydrogen-bond acceptors (Lipinski definition) is 10. The molecule has 0 radical (unpaired) electrons. The van der Waals surface area contributed by atoms with Gasteiger partial charge in [-0.2, -0.15) is 0 Å². The molecule has 2 aromatic rings. The predicted molar refractivity (Wildman–Crippen MR) is 113 cm³/mol. The molecule has 0 spiro atoms. The average molecular weight is 473 g/mol. The molecule has 0 bridgehead atoms. The van der Waals surface area contributed by atoms with Gasteiger partial charge >= 0.3 is 11.9 Å². The third kappa shape index (κ3) is 4.21. The number of fused-ring (bicyclic) bond motifs is 1. The van der Waals surface area contributed by atoms with Crippen LogP contribution in [0.3, 0.4) is 0 Å². The number of nitro groups is 1. The molecule has 33 heavy (non-hydrogen) atoms. The van der Waals surface area contributed by atoms with Gasteiger partial charge in [0.15, 0.2) is 17.8 Å². The smallest absolute Gasteiger partial charge is 0.355 e. The van der Waals surface area contributed by atoms with Gasteiger partial charge in [-0.05, 0) is 24.6 Å². The number of aromatic nitrogens is 1. The number of amides is 1. The second kappa shape index (κ2) is 8.70. The Kier molecular flexibility index (Phi) is 5.93. The van der Waals surface area contributed by atoms with Gasteiger partial charge in [0, 0.05) is 31.4 Å². The number of non-ortho nitro benzene ring substituents is 1. The van der Waals surface area contributed by atoms with Crippen LogP contribution in [-0.2, 0) is 30.5 Å². The van der Waals surface area contributed by atoms with Gasteiger partial charge in [0.05, 0.1) is 10.6 Å². The minimum atomic E-state index is -0.964. The Hall–Kier alpha value is -3.67. The SMILES string of the molecule is CC(=O)OC(c1oc(C)nc1C)C1C(=O)N2C(C(=O)OCc3ccc([N+](=O)[O-])cc3)=CSC12. The number of ether oxygens (including phenoxy) is 2. The van der Waals surface area contributed by atoms with Crippen molar-refractivity contribution < 1.29 is 33.2 Å². The Labute approximate surface area is 191 Å². The normalized spacial score (nSPS) is 19.9. The molecule has 11 nitrogen and oxygen atoms in total. The minimum Gasteiger partial charge on any atom is -0.456 e. The Morgan fingerprint density at radius 2 is 2.00 bits per heavy atom. The molecule has 1 aromatic heterocycles. The number of thioether (sulfide) groups is 1. The summed E-state index contributed by atoms with van der Waals surface area (Å²) in [5.74, 6) is -1.74. The number of benzene rings is 1. The lowest BCUT2D eigenvalue weighted by Crippen LogP contribution is -2.59. The first kappa shape index (κ1) is 22.5. The van der Waals surface area contributed by atoms with Crippen LogP contribution in [0.15, 0.2) is 39.8 Å². The van der Waals surface area contributed by atoms with Crippen molar-refractivity contribution in [3.63, 3.8) is 0 Å². The fourth-order valence-electron chi connectivity index (χ4n) is 3.72. The highest BCUT2D eigenvalue weighted by molar-refractivity contribution is 8.03. The molecule has 0 N–H and O–H groups in total. The lowest BCUT2D eigenvalue weighted by Gasteiger charge is -2.44. The number of oxazole rings is 1. The summed E-state index contributed by atoms with van der Waals surface area (Å²) in [6.45, 7) is 4.49. The van der Waals surface area contributed by atoms with Crippen molar-refractivity contribution in [2.75, 3.05) is 0 Å². The van der Waals surface area contributed by atoms with E-state index in [9.17, 15) is 24.5 Å². The molecule has 4 rings (SSSR count). The van der Waals surface area contributed by atoms with E-state index in [1.165, 1.54) is 53.3 Å². The van der Waals surface area contributed by atoms with Crippen molar-refractivity contribution in [1.82, 2.24) is 9.88 Å². The second-order valence-corrected chi connectivity index (χ2v) is 8.47. The first-order chi connectivity index (χ1) is 15.7. The molecule has 3 atom stereocenters. The maximum Gasteiger partial charge on any atom is 0.355 e. The van der Waals surface area contributed by atoms with Crippen LogP contribution in [0.2, 0.25) is 0 Å². The van der Waals surface area contributed by atoms with Crippen LogP contribution in [0.4, 0.5) is 5.69 Å². The number of hydrogen-bond donors (Lipinski definition) is 0. The topological polar surface area (TPSA) is 142 Å². The highest BCUT2D eigenvalue weighted by Crippen LogP contribution is 2.51. The number of aryl methyl sites for hydroxylation is 2. The number of nitrogens with zero attached hydrogens (tertiary/aromatic N) is 3. The van der Waals surface area contributed by atoms with Crippen molar-refractivity contribution in [3.8, 4) is 0 Å². The number of esters is 2. The molecular formula is C21H19N3O8S. The number of β-lactam (4-membered cyclic amide) rings is 1. The van der Waals surface area contributed by atoms with Gasteiger partial charge in [-0.1, -0.05) is 0 Å². The van der Waals surface area contributed by atoms with Crippen LogP contribution in [0.1, 0.15) is 35.9 Å². The van der Waals surface area contributed by atoms with E-state index in [4.69, 9.17) is 13.9 Å². The quantitative estimate of drug-likeness (QED) is 0.255. The van der Waals surface area contributed by atoms with E-state index in [0.717, 1.165) is 0 Å². The standard InChI is InChI=1S/C21H19N3O8S/c1-10-17(31-11(2)22-10)18(32-12(3)25)16-19(26)23-15(9-33-20(16)23)21(27)30-8-13-4-6-14(7-5-13)24(28)29/h4-7,9,16,18,20H,8H2,1-3H3. The van der Waals surface area contributed by atoms with E-state index in [1.54, 1.807) is 13.8 Å². The van der Waals surface area contributed by atoms with Gasteiger partial charge in [-0.15, -0.1) is 11.8 Å². The summed E-state index contributed by atoms with van der Waals surface area (Å²) < 4.78 is 16.3. The monoisotopic (exact) mass is 473 g/mol. The van der Waals surface area contributed by atoms with E-state index in [1.807, 2.05) is 0 Å². The van der Waals surface area contributed by atoms with Crippen LogP contribution in [0, 0.1) is 29.9 Å². The van der Waals surface area contributed by atoms with Crippen LogP contribution in [0.5, 0.6) is 0 Å². The van der Waals surface area contributed by atoms with Gasteiger partial charge in [-0.3, -0.25) is 24.6 Å². The fourth-order valence-corrected chi connectivity index (χ4v) is 4.97. The number of carbonyl (C=O) groups is 3. The van der Waals surface area contributed by atoms with Gasteiger partial charge in [0.25, 0.3) is 5.69 Å². The third-order valence-electron chi connectivity index (χ3n) is 5.21.